The standard InChI is InChI=1S/C18H27Cl2N3O2/c1-4-21-17(22-12-18(24-3)7-9-25-10-8-18)23-13(2)14-5-6-15(19)16(20)11-14/h5-6,11,13H,4,7-10,12H2,1-3H3,(H2,21,22,23). The maximum atomic E-state index is 6.12. The van der Waals surface area contributed by atoms with Gasteiger partial charge in [0.25, 0.3) is 0 Å². The van der Waals surface area contributed by atoms with Gasteiger partial charge in [-0.25, -0.2) is 0 Å². The molecule has 0 amide bonds. The molecule has 2 N–H and O–H groups in total. The molecule has 7 heteroatoms. The van der Waals surface area contributed by atoms with E-state index in [2.05, 4.69) is 17.6 Å². The monoisotopic (exact) mass is 387 g/mol. The summed E-state index contributed by atoms with van der Waals surface area (Å²) in [4.78, 5) is 4.74. The summed E-state index contributed by atoms with van der Waals surface area (Å²) in [5.74, 6) is 0.754. The van der Waals surface area contributed by atoms with Crippen molar-refractivity contribution in [1.29, 1.82) is 0 Å². The van der Waals surface area contributed by atoms with Gasteiger partial charge in [-0.15, -0.1) is 0 Å². The fourth-order valence-electron chi connectivity index (χ4n) is 2.78. The van der Waals surface area contributed by atoms with E-state index in [9.17, 15) is 0 Å². The Morgan fingerprint density at radius 3 is 2.64 bits per heavy atom. The number of halogens is 2. The van der Waals surface area contributed by atoms with E-state index in [1.54, 1.807) is 7.11 Å². The molecule has 1 atom stereocenters. The van der Waals surface area contributed by atoms with Crippen LogP contribution in [0.2, 0.25) is 10.0 Å². The minimum absolute atomic E-state index is 0.0424. The maximum Gasteiger partial charge on any atom is 0.191 e. The molecule has 1 aromatic rings. The third-order valence-electron chi connectivity index (χ3n) is 4.50. The first-order valence-corrected chi connectivity index (χ1v) is 9.38. The van der Waals surface area contributed by atoms with Crippen LogP contribution in [0.4, 0.5) is 0 Å². The molecule has 1 aromatic carbocycles. The Labute approximate surface area is 160 Å². The summed E-state index contributed by atoms with van der Waals surface area (Å²) >= 11 is 12.1. The third-order valence-corrected chi connectivity index (χ3v) is 5.24. The molecule has 1 fully saturated rings. The van der Waals surface area contributed by atoms with Crippen molar-refractivity contribution in [2.75, 3.05) is 33.4 Å². The minimum atomic E-state index is -0.243. The van der Waals surface area contributed by atoms with Gasteiger partial charge >= 0.3 is 0 Å². The van der Waals surface area contributed by atoms with Gasteiger partial charge in [0, 0.05) is 39.7 Å². The molecule has 1 saturated heterocycles. The highest BCUT2D eigenvalue weighted by molar-refractivity contribution is 6.42. The van der Waals surface area contributed by atoms with E-state index in [0.717, 1.165) is 30.9 Å². The summed E-state index contributed by atoms with van der Waals surface area (Å²) in [5, 5.41) is 7.80. The number of hydrogen-bond acceptors (Lipinski definition) is 3. The second-order valence-corrected chi connectivity index (χ2v) is 7.05. The molecular weight excluding hydrogens is 361 g/mol. The van der Waals surface area contributed by atoms with Gasteiger partial charge in [-0.05, 0) is 31.5 Å². The fraction of sp³-hybridized carbons (Fsp3) is 0.611. The van der Waals surface area contributed by atoms with Crippen molar-refractivity contribution < 1.29 is 9.47 Å². The lowest BCUT2D eigenvalue weighted by Crippen LogP contribution is -2.44. The van der Waals surface area contributed by atoms with Gasteiger partial charge in [0.05, 0.1) is 28.2 Å². The van der Waals surface area contributed by atoms with Crippen molar-refractivity contribution in [2.24, 2.45) is 4.99 Å². The Morgan fingerprint density at radius 2 is 2.04 bits per heavy atom. The van der Waals surface area contributed by atoms with Crippen molar-refractivity contribution in [2.45, 2.75) is 38.3 Å². The molecule has 5 nitrogen and oxygen atoms in total. The van der Waals surface area contributed by atoms with Crippen LogP contribution in [0.15, 0.2) is 23.2 Å². The number of methoxy groups -OCH3 is 1. The molecule has 1 aliphatic rings. The van der Waals surface area contributed by atoms with Crippen molar-refractivity contribution in [3.63, 3.8) is 0 Å². The molecule has 1 aliphatic heterocycles. The number of aliphatic imine (C=N–C) groups is 1. The van der Waals surface area contributed by atoms with Crippen LogP contribution in [0.3, 0.4) is 0 Å². The third kappa shape index (κ3) is 5.74. The van der Waals surface area contributed by atoms with E-state index in [-0.39, 0.29) is 11.6 Å². The lowest BCUT2D eigenvalue weighted by atomic mass is 9.94. The van der Waals surface area contributed by atoms with E-state index < -0.39 is 0 Å². The van der Waals surface area contributed by atoms with Gasteiger partial charge in [0.1, 0.15) is 0 Å². The van der Waals surface area contributed by atoms with E-state index in [1.807, 2.05) is 25.1 Å². The van der Waals surface area contributed by atoms with Crippen LogP contribution in [-0.4, -0.2) is 45.0 Å². The number of hydrogen-bond donors (Lipinski definition) is 2. The molecule has 25 heavy (non-hydrogen) atoms. The molecular formula is C18H27Cl2N3O2. The van der Waals surface area contributed by atoms with Crippen LogP contribution < -0.4 is 10.6 Å². The summed E-state index contributed by atoms with van der Waals surface area (Å²) in [6.07, 6.45) is 1.71. The van der Waals surface area contributed by atoms with Crippen molar-refractivity contribution in [3.05, 3.63) is 33.8 Å². The second kappa shape index (κ2) is 9.62. The van der Waals surface area contributed by atoms with Crippen molar-refractivity contribution in [1.82, 2.24) is 10.6 Å². The Bertz CT molecular complexity index is 590. The molecule has 140 valence electrons. The predicted molar refractivity (Wildman–Crippen MR) is 104 cm³/mol. The quantitative estimate of drug-likeness (QED) is 0.575. The molecule has 2 rings (SSSR count). The molecule has 0 aliphatic carbocycles. The maximum absolute atomic E-state index is 6.12. The number of nitrogens with zero attached hydrogens (tertiary/aromatic N) is 1. The summed E-state index contributed by atoms with van der Waals surface area (Å²) in [7, 11) is 1.75. The number of nitrogens with one attached hydrogen (secondary N) is 2. The van der Waals surface area contributed by atoms with Crippen LogP contribution >= 0.6 is 23.2 Å². The first kappa shape index (κ1) is 20.3. The van der Waals surface area contributed by atoms with Crippen LogP contribution in [0.25, 0.3) is 0 Å². The topological polar surface area (TPSA) is 54.9 Å². The van der Waals surface area contributed by atoms with E-state index in [4.69, 9.17) is 37.7 Å². The number of guanidine groups is 1. The Hall–Kier alpha value is -1.01. The molecule has 0 aromatic heterocycles. The van der Waals surface area contributed by atoms with Crippen LogP contribution in [0, 0.1) is 0 Å². The number of rotatable bonds is 6. The van der Waals surface area contributed by atoms with Crippen molar-refractivity contribution in [3.8, 4) is 0 Å². The van der Waals surface area contributed by atoms with Gasteiger partial charge in [-0.1, -0.05) is 29.3 Å². The lowest BCUT2D eigenvalue weighted by molar-refractivity contribution is -0.0828. The zero-order valence-electron chi connectivity index (χ0n) is 15.1. The largest absolute Gasteiger partial charge is 0.381 e. The zero-order valence-corrected chi connectivity index (χ0v) is 16.6. The van der Waals surface area contributed by atoms with Crippen LogP contribution in [0.1, 0.15) is 38.3 Å². The van der Waals surface area contributed by atoms with E-state index in [0.29, 0.717) is 29.8 Å². The number of benzene rings is 1. The first-order valence-electron chi connectivity index (χ1n) is 8.62. The van der Waals surface area contributed by atoms with Crippen LogP contribution in [-0.2, 0) is 9.47 Å². The van der Waals surface area contributed by atoms with Gasteiger partial charge in [-0.3, -0.25) is 4.99 Å². The molecule has 0 radical (unpaired) electrons. The Balaban J connectivity index is 2.06. The summed E-state index contributed by atoms with van der Waals surface area (Å²) in [5.41, 5.74) is 0.806. The summed E-state index contributed by atoms with van der Waals surface area (Å²) < 4.78 is 11.2. The van der Waals surface area contributed by atoms with E-state index >= 15 is 0 Å². The van der Waals surface area contributed by atoms with Crippen molar-refractivity contribution >= 4 is 29.2 Å². The molecule has 0 saturated carbocycles. The average molecular weight is 388 g/mol. The highest BCUT2D eigenvalue weighted by Crippen LogP contribution is 2.26. The van der Waals surface area contributed by atoms with Gasteiger partial charge in [0.2, 0.25) is 0 Å². The fourth-order valence-corrected chi connectivity index (χ4v) is 3.09. The second-order valence-electron chi connectivity index (χ2n) is 6.23. The van der Waals surface area contributed by atoms with Gasteiger partial charge in [0.15, 0.2) is 5.96 Å². The van der Waals surface area contributed by atoms with Crippen LogP contribution in [0.5, 0.6) is 0 Å². The molecule has 1 heterocycles. The highest BCUT2D eigenvalue weighted by atomic mass is 35.5. The SMILES string of the molecule is CCNC(=NCC1(OC)CCOCC1)NC(C)c1ccc(Cl)c(Cl)c1. The zero-order chi connectivity index (χ0) is 18.3. The molecule has 0 spiro atoms. The Morgan fingerprint density at radius 1 is 1.32 bits per heavy atom. The Kier molecular flexibility index (Phi) is 7.81. The molecule has 0 bridgehead atoms. The average Bonchev–Trinajstić information content (AvgIpc) is 2.63. The van der Waals surface area contributed by atoms with E-state index in [1.165, 1.54) is 0 Å². The molecule has 1 unspecified atom stereocenters. The van der Waals surface area contributed by atoms with Gasteiger partial charge < -0.3 is 20.1 Å². The smallest absolute Gasteiger partial charge is 0.191 e. The summed E-state index contributed by atoms with van der Waals surface area (Å²) in [6.45, 7) is 6.91. The number of ether oxygens (including phenoxy) is 2. The normalized spacial score (nSPS) is 18.7. The van der Waals surface area contributed by atoms with Gasteiger partial charge in [-0.2, -0.15) is 0 Å². The first-order chi connectivity index (χ1) is 12.0. The predicted octanol–water partition coefficient (Wildman–Crippen LogP) is 3.81. The lowest BCUT2D eigenvalue weighted by Gasteiger charge is -2.34. The highest BCUT2D eigenvalue weighted by Gasteiger charge is 2.32. The minimum Gasteiger partial charge on any atom is -0.381 e. The summed E-state index contributed by atoms with van der Waals surface area (Å²) in [6, 6.07) is 5.69.